The molecule has 1 unspecified atom stereocenters. The third-order valence-electron chi connectivity index (χ3n) is 0.911. The average Bonchev–Trinajstić information content (AvgIpc) is 2.14. The van der Waals surface area contributed by atoms with Gasteiger partial charge < -0.3 is 10.1 Å². The molecule has 1 amide bonds. The largest absolute Gasteiger partial charge is 0.345 e. The van der Waals surface area contributed by atoms with Crippen LogP contribution in [-0.4, -0.2) is 18.7 Å². The van der Waals surface area contributed by atoms with Crippen LogP contribution in [-0.2, 0) is 9.53 Å². The number of carbonyl (C=O) groups is 1. The van der Waals surface area contributed by atoms with Gasteiger partial charge in [0, 0.05) is 0 Å². The highest BCUT2D eigenvalue weighted by atomic mass is 16.5. The molecule has 1 heterocycles. The summed E-state index contributed by atoms with van der Waals surface area (Å²) in [6.07, 6.45) is 1.28. The number of hydrogen-bond acceptors (Lipinski definition) is 2. The Labute approximate surface area is 47.3 Å². The van der Waals surface area contributed by atoms with E-state index in [1.807, 2.05) is 0 Å². The summed E-state index contributed by atoms with van der Waals surface area (Å²) in [6.45, 7) is 3.60. The Balaban J connectivity index is 2.43. The van der Waals surface area contributed by atoms with Crippen molar-refractivity contribution in [1.29, 1.82) is 0 Å². The van der Waals surface area contributed by atoms with Crippen molar-refractivity contribution in [3.63, 3.8) is 0 Å². The Morgan fingerprint density at radius 2 is 2.75 bits per heavy atom. The van der Waals surface area contributed by atoms with Gasteiger partial charge in [0.1, 0.15) is 12.8 Å². The van der Waals surface area contributed by atoms with E-state index in [1.54, 1.807) is 6.08 Å². The van der Waals surface area contributed by atoms with Crippen LogP contribution >= 0.6 is 0 Å². The molecule has 1 saturated heterocycles. The van der Waals surface area contributed by atoms with Crippen LogP contribution in [0.15, 0.2) is 12.7 Å². The van der Waals surface area contributed by atoms with Gasteiger partial charge in [-0.15, -0.1) is 0 Å². The lowest BCUT2D eigenvalue weighted by molar-refractivity contribution is -0.119. The molecule has 0 aromatic heterocycles. The van der Waals surface area contributed by atoms with Crippen molar-refractivity contribution in [2.45, 2.75) is 6.23 Å². The van der Waals surface area contributed by atoms with E-state index in [9.17, 15) is 4.79 Å². The molecule has 0 spiro atoms. The van der Waals surface area contributed by atoms with Crippen molar-refractivity contribution in [1.82, 2.24) is 5.32 Å². The van der Waals surface area contributed by atoms with Crippen molar-refractivity contribution in [3.8, 4) is 0 Å². The second kappa shape index (κ2) is 1.96. The number of hydrogen-bond donors (Lipinski definition) is 1. The maximum atomic E-state index is 10.3. The van der Waals surface area contributed by atoms with Gasteiger partial charge in [0.15, 0.2) is 0 Å². The molecule has 0 aliphatic carbocycles. The smallest absolute Gasteiger partial charge is 0.248 e. The first kappa shape index (κ1) is 5.31. The van der Waals surface area contributed by atoms with Gasteiger partial charge in [0.05, 0.1) is 0 Å². The standard InChI is InChI=1S/C5H7NO2/c1-2-5-6-4(7)3-8-5/h2,5H,1,3H2,(H,6,7). The highest BCUT2D eigenvalue weighted by Gasteiger charge is 2.16. The van der Waals surface area contributed by atoms with Crippen LogP contribution < -0.4 is 5.32 Å². The monoisotopic (exact) mass is 113 g/mol. The fourth-order valence-corrected chi connectivity index (χ4v) is 0.534. The van der Waals surface area contributed by atoms with Crippen LogP contribution in [0.3, 0.4) is 0 Å². The normalized spacial score (nSPS) is 27.5. The molecule has 1 rings (SSSR count). The molecule has 3 heteroatoms. The number of carbonyl (C=O) groups excluding carboxylic acids is 1. The molecule has 0 radical (unpaired) electrons. The maximum absolute atomic E-state index is 10.3. The summed E-state index contributed by atoms with van der Waals surface area (Å²) >= 11 is 0. The molecule has 0 bridgehead atoms. The van der Waals surface area contributed by atoms with Gasteiger partial charge in [-0.3, -0.25) is 4.79 Å². The van der Waals surface area contributed by atoms with Gasteiger partial charge in [0.2, 0.25) is 5.91 Å². The van der Waals surface area contributed by atoms with Crippen molar-refractivity contribution >= 4 is 5.91 Å². The van der Waals surface area contributed by atoms with Crippen LogP contribution in [0, 0.1) is 0 Å². The van der Waals surface area contributed by atoms with Crippen LogP contribution in [0.25, 0.3) is 0 Å². The Bertz CT molecular complexity index is 122. The van der Waals surface area contributed by atoms with Crippen LogP contribution in [0.5, 0.6) is 0 Å². The predicted molar refractivity (Wildman–Crippen MR) is 28.1 cm³/mol. The highest BCUT2D eigenvalue weighted by molar-refractivity contribution is 5.79. The molecule has 1 atom stereocenters. The SMILES string of the molecule is C=CC1NC(=O)CO1. The molecule has 8 heavy (non-hydrogen) atoms. The number of rotatable bonds is 1. The minimum Gasteiger partial charge on any atom is -0.345 e. The van der Waals surface area contributed by atoms with E-state index in [4.69, 9.17) is 4.74 Å². The summed E-state index contributed by atoms with van der Waals surface area (Å²) < 4.78 is 4.84. The quantitative estimate of drug-likeness (QED) is 0.472. The number of nitrogens with one attached hydrogen (secondary N) is 1. The first-order valence-electron chi connectivity index (χ1n) is 2.36. The van der Waals surface area contributed by atoms with Gasteiger partial charge in [-0.05, 0) is 6.08 Å². The van der Waals surface area contributed by atoms with Crippen molar-refractivity contribution in [2.75, 3.05) is 6.61 Å². The summed E-state index contributed by atoms with van der Waals surface area (Å²) in [4.78, 5) is 10.3. The second-order valence-electron chi connectivity index (χ2n) is 1.53. The van der Waals surface area contributed by atoms with Gasteiger partial charge >= 0.3 is 0 Å². The first-order chi connectivity index (χ1) is 3.83. The lowest BCUT2D eigenvalue weighted by atomic mass is 10.5. The van der Waals surface area contributed by atoms with E-state index >= 15 is 0 Å². The van der Waals surface area contributed by atoms with Gasteiger partial charge in [0.25, 0.3) is 0 Å². The first-order valence-corrected chi connectivity index (χ1v) is 2.36. The lowest BCUT2D eigenvalue weighted by Crippen LogP contribution is -2.23. The Morgan fingerprint density at radius 3 is 3.00 bits per heavy atom. The summed E-state index contributed by atoms with van der Waals surface area (Å²) in [5, 5.41) is 2.52. The molecule has 0 saturated carbocycles. The van der Waals surface area contributed by atoms with E-state index < -0.39 is 0 Å². The fraction of sp³-hybridized carbons (Fsp3) is 0.400. The maximum Gasteiger partial charge on any atom is 0.248 e. The molecule has 1 N–H and O–H groups in total. The van der Waals surface area contributed by atoms with E-state index in [2.05, 4.69) is 11.9 Å². The average molecular weight is 113 g/mol. The van der Waals surface area contributed by atoms with Crippen LogP contribution in [0.4, 0.5) is 0 Å². The van der Waals surface area contributed by atoms with Crippen LogP contribution in [0.1, 0.15) is 0 Å². The second-order valence-corrected chi connectivity index (χ2v) is 1.53. The van der Waals surface area contributed by atoms with Crippen LogP contribution in [0.2, 0.25) is 0 Å². The molecule has 3 nitrogen and oxygen atoms in total. The molecule has 1 aliphatic heterocycles. The van der Waals surface area contributed by atoms with E-state index in [0.717, 1.165) is 0 Å². The van der Waals surface area contributed by atoms with Crippen molar-refractivity contribution in [2.24, 2.45) is 0 Å². The van der Waals surface area contributed by atoms with Crippen molar-refractivity contribution in [3.05, 3.63) is 12.7 Å². The Hall–Kier alpha value is -0.830. The molecular weight excluding hydrogens is 106 g/mol. The molecule has 1 fully saturated rings. The number of ether oxygens (including phenoxy) is 1. The minimum atomic E-state index is -0.262. The molecule has 1 aliphatic rings. The van der Waals surface area contributed by atoms with E-state index in [0.29, 0.717) is 0 Å². The summed E-state index contributed by atoms with van der Waals surface area (Å²) in [5.74, 6) is -0.0742. The zero-order valence-electron chi connectivity index (χ0n) is 4.39. The fourth-order valence-electron chi connectivity index (χ4n) is 0.534. The lowest BCUT2D eigenvalue weighted by Gasteiger charge is -1.98. The Kier molecular flexibility index (Phi) is 1.30. The minimum absolute atomic E-state index is 0.0742. The topological polar surface area (TPSA) is 38.3 Å². The molecule has 44 valence electrons. The zero-order chi connectivity index (χ0) is 5.98. The van der Waals surface area contributed by atoms with Gasteiger partial charge in [-0.25, -0.2) is 0 Å². The highest BCUT2D eigenvalue weighted by Crippen LogP contribution is 1.95. The van der Waals surface area contributed by atoms with Crippen molar-refractivity contribution < 1.29 is 9.53 Å². The van der Waals surface area contributed by atoms with E-state index in [1.165, 1.54) is 0 Å². The summed E-state index contributed by atoms with van der Waals surface area (Å²) in [7, 11) is 0. The van der Waals surface area contributed by atoms with Gasteiger partial charge in [-0.1, -0.05) is 6.58 Å². The third kappa shape index (κ3) is 0.869. The van der Waals surface area contributed by atoms with E-state index in [-0.39, 0.29) is 18.7 Å². The summed E-state index contributed by atoms with van der Waals surface area (Å²) in [5.41, 5.74) is 0. The molecular formula is C5H7NO2. The Morgan fingerprint density at radius 1 is 2.00 bits per heavy atom. The number of amides is 1. The predicted octanol–water partition coefficient (Wildman–Crippen LogP) is -0.355. The zero-order valence-corrected chi connectivity index (χ0v) is 4.39. The molecule has 0 aromatic rings. The van der Waals surface area contributed by atoms with Gasteiger partial charge in [-0.2, -0.15) is 0 Å². The summed E-state index contributed by atoms with van der Waals surface area (Å²) in [6, 6.07) is 0. The molecule has 0 aromatic carbocycles. The third-order valence-corrected chi connectivity index (χ3v) is 0.911.